The maximum absolute atomic E-state index is 12.6. The van der Waals surface area contributed by atoms with Crippen LogP contribution in [0, 0.1) is 5.92 Å². The topological polar surface area (TPSA) is 95.9 Å². The van der Waals surface area contributed by atoms with Gasteiger partial charge >= 0.3 is 5.97 Å². The quantitative estimate of drug-likeness (QED) is 0.415. The van der Waals surface area contributed by atoms with Gasteiger partial charge in [0.25, 0.3) is 5.91 Å². The Labute approximate surface area is 170 Å². The number of nitrogens with one attached hydrogen (secondary N) is 1. The molecule has 29 heavy (non-hydrogen) atoms. The van der Waals surface area contributed by atoms with Crippen molar-refractivity contribution < 1.29 is 24.2 Å². The molecule has 0 unspecified atom stereocenters. The first-order valence-corrected chi connectivity index (χ1v) is 9.69. The molecule has 1 fully saturated rings. The summed E-state index contributed by atoms with van der Waals surface area (Å²) < 4.78 is 5.19. The molecule has 1 aromatic rings. The van der Waals surface area contributed by atoms with Crippen LogP contribution in [0.3, 0.4) is 0 Å². The smallest absolute Gasteiger partial charge is 0.355 e. The number of β-lactam (4-membered cyclic amide) rings is 1. The zero-order valence-corrected chi connectivity index (χ0v) is 16.8. The van der Waals surface area contributed by atoms with Crippen LogP contribution in [-0.2, 0) is 14.3 Å². The average molecular weight is 398 g/mol. The van der Waals surface area contributed by atoms with Gasteiger partial charge in [-0.2, -0.15) is 0 Å². The van der Waals surface area contributed by atoms with Crippen molar-refractivity contribution in [2.45, 2.75) is 45.4 Å². The molecule has 3 rings (SSSR count). The first kappa shape index (κ1) is 20.8. The van der Waals surface area contributed by atoms with E-state index in [1.165, 1.54) is 11.0 Å². The monoisotopic (exact) mass is 398 g/mol. The standard InChI is InChI=1S/C22H26N2O5/c1-5-10-29-22(28)19-16(11-17-18(13(4)25)21(27)24(17)19)14-6-8-15(9-7-14)20(26)23-12(2)3/h5-9,12-13,17-18,25H,1,10-11H2,2-4H3,(H,23,26)/t13-,17-,18-/m1/s1. The van der Waals surface area contributed by atoms with Gasteiger partial charge in [-0.3, -0.25) is 9.59 Å². The van der Waals surface area contributed by atoms with E-state index in [1.54, 1.807) is 31.2 Å². The number of carbonyl (C=O) groups is 3. The maximum atomic E-state index is 12.6. The largest absolute Gasteiger partial charge is 0.457 e. The molecule has 0 aromatic heterocycles. The molecule has 0 aliphatic carbocycles. The molecule has 0 radical (unpaired) electrons. The van der Waals surface area contributed by atoms with Crippen LogP contribution in [0.15, 0.2) is 42.6 Å². The maximum Gasteiger partial charge on any atom is 0.355 e. The van der Waals surface area contributed by atoms with Crippen LogP contribution in [0.5, 0.6) is 0 Å². The van der Waals surface area contributed by atoms with Crippen molar-refractivity contribution in [1.82, 2.24) is 10.2 Å². The molecule has 7 nitrogen and oxygen atoms in total. The van der Waals surface area contributed by atoms with Gasteiger partial charge in [0.05, 0.1) is 18.1 Å². The molecule has 3 atom stereocenters. The van der Waals surface area contributed by atoms with Crippen molar-refractivity contribution in [3.8, 4) is 0 Å². The minimum Gasteiger partial charge on any atom is -0.457 e. The Balaban J connectivity index is 1.93. The zero-order chi connectivity index (χ0) is 21.3. The minimum absolute atomic E-state index is 0.0257. The Kier molecular flexibility index (Phi) is 5.88. The normalized spacial score (nSPS) is 21.6. The molecule has 0 spiro atoms. The minimum atomic E-state index is -0.796. The zero-order valence-electron chi connectivity index (χ0n) is 16.8. The lowest BCUT2D eigenvalue weighted by Gasteiger charge is -2.44. The molecule has 1 saturated heterocycles. The fraction of sp³-hybridized carbons (Fsp3) is 0.409. The number of carbonyl (C=O) groups excluding carboxylic acids is 3. The van der Waals surface area contributed by atoms with Crippen LogP contribution in [0.2, 0.25) is 0 Å². The van der Waals surface area contributed by atoms with Crippen molar-refractivity contribution in [2.24, 2.45) is 5.92 Å². The van der Waals surface area contributed by atoms with Crippen molar-refractivity contribution >= 4 is 23.4 Å². The SMILES string of the molecule is C=CCOC(=O)C1=C(c2ccc(C(=O)NC(C)C)cc2)C[C@@H]2[C@@H]([C@@H](C)O)C(=O)N12. The number of hydrogen-bond acceptors (Lipinski definition) is 5. The summed E-state index contributed by atoms with van der Waals surface area (Å²) in [4.78, 5) is 38.8. The summed E-state index contributed by atoms with van der Waals surface area (Å²) in [6.45, 7) is 8.92. The highest BCUT2D eigenvalue weighted by Gasteiger charge is 2.57. The molecule has 2 aliphatic heterocycles. The van der Waals surface area contributed by atoms with E-state index in [-0.39, 0.29) is 36.2 Å². The molecule has 2 heterocycles. The Morgan fingerprint density at radius 2 is 1.97 bits per heavy atom. The number of rotatable bonds is 7. The molecule has 2 N–H and O–H groups in total. The van der Waals surface area contributed by atoms with Gasteiger partial charge in [-0.1, -0.05) is 24.8 Å². The van der Waals surface area contributed by atoms with Gasteiger partial charge in [0, 0.05) is 11.6 Å². The fourth-order valence-electron chi connectivity index (χ4n) is 3.89. The van der Waals surface area contributed by atoms with Crippen LogP contribution in [0.4, 0.5) is 0 Å². The number of esters is 1. The van der Waals surface area contributed by atoms with Crippen LogP contribution in [0.1, 0.15) is 43.1 Å². The Morgan fingerprint density at radius 1 is 1.31 bits per heavy atom. The van der Waals surface area contributed by atoms with Gasteiger partial charge in [-0.25, -0.2) is 4.79 Å². The predicted octanol–water partition coefficient (Wildman–Crippen LogP) is 1.88. The van der Waals surface area contributed by atoms with Gasteiger partial charge < -0.3 is 20.1 Å². The number of fused-ring (bicyclic) bond motifs is 1. The number of aliphatic hydroxyl groups excluding tert-OH is 1. The van der Waals surface area contributed by atoms with E-state index >= 15 is 0 Å². The van der Waals surface area contributed by atoms with Gasteiger partial charge in [-0.15, -0.1) is 0 Å². The second-order valence-electron chi connectivity index (χ2n) is 7.67. The van der Waals surface area contributed by atoms with Gasteiger partial charge in [0.15, 0.2) is 0 Å². The predicted molar refractivity (Wildman–Crippen MR) is 108 cm³/mol. The number of nitrogens with zero attached hydrogens (tertiary/aromatic N) is 1. The first-order valence-electron chi connectivity index (χ1n) is 9.69. The first-order chi connectivity index (χ1) is 13.8. The van der Waals surface area contributed by atoms with E-state index in [0.717, 1.165) is 5.56 Å². The second kappa shape index (κ2) is 8.21. The van der Waals surface area contributed by atoms with E-state index in [2.05, 4.69) is 11.9 Å². The summed E-state index contributed by atoms with van der Waals surface area (Å²) >= 11 is 0. The second-order valence-corrected chi connectivity index (χ2v) is 7.67. The van der Waals surface area contributed by atoms with E-state index in [1.807, 2.05) is 13.8 Å². The van der Waals surface area contributed by atoms with E-state index < -0.39 is 18.0 Å². The summed E-state index contributed by atoms with van der Waals surface area (Å²) in [6.07, 6.45) is 1.11. The summed E-state index contributed by atoms with van der Waals surface area (Å²) in [7, 11) is 0. The van der Waals surface area contributed by atoms with E-state index in [4.69, 9.17) is 4.74 Å². The van der Waals surface area contributed by atoms with Crippen LogP contribution in [0.25, 0.3) is 5.57 Å². The molecule has 2 amide bonds. The fourth-order valence-corrected chi connectivity index (χ4v) is 3.89. The number of benzene rings is 1. The third kappa shape index (κ3) is 3.82. The number of hydrogen-bond donors (Lipinski definition) is 2. The van der Waals surface area contributed by atoms with Crippen molar-refractivity contribution in [3.05, 3.63) is 53.7 Å². The Bertz CT molecular complexity index is 870. The lowest BCUT2D eigenvalue weighted by atomic mass is 9.82. The number of amides is 2. The Hall–Kier alpha value is -2.93. The molecular formula is C22H26N2O5. The summed E-state index contributed by atoms with van der Waals surface area (Å²) in [6, 6.07) is 6.66. The summed E-state index contributed by atoms with van der Waals surface area (Å²) in [5, 5.41) is 12.8. The van der Waals surface area contributed by atoms with Crippen molar-refractivity contribution in [1.29, 1.82) is 0 Å². The molecule has 0 saturated carbocycles. The van der Waals surface area contributed by atoms with Crippen molar-refractivity contribution in [2.75, 3.05) is 6.61 Å². The van der Waals surface area contributed by atoms with Crippen molar-refractivity contribution in [3.63, 3.8) is 0 Å². The highest BCUT2D eigenvalue weighted by atomic mass is 16.5. The Morgan fingerprint density at radius 3 is 2.52 bits per heavy atom. The van der Waals surface area contributed by atoms with E-state index in [9.17, 15) is 19.5 Å². The molecule has 7 heteroatoms. The lowest BCUT2D eigenvalue weighted by molar-refractivity contribution is -0.162. The lowest BCUT2D eigenvalue weighted by Crippen LogP contribution is -2.61. The van der Waals surface area contributed by atoms with Crippen LogP contribution >= 0.6 is 0 Å². The average Bonchev–Trinajstić information content (AvgIpc) is 3.00. The molecular weight excluding hydrogens is 372 g/mol. The van der Waals surface area contributed by atoms with Gasteiger partial charge in [-0.05, 0) is 50.5 Å². The van der Waals surface area contributed by atoms with Crippen LogP contribution in [-0.4, -0.2) is 52.6 Å². The molecule has 0 bridgehead atoms. The highest BCUT2D eigenvalue weighted by molar-refractivity contribution is 6.07. The molecule has 1 aromatic carbocycles. The highest BCUT2D eigenvalue weighted by Crippen LogP contribution is 2.47. The van der Waals surface area contributed by atoms with Gasteiger partial charge in [0.2, 0.25) is 5.91 Å². The summed E-state index contributed by atoms with van der Waals surface area (Å²) in [5.74, 6) is -1.59. The number of ether oxygens (including phenoxy) is 1. The van der Waals surface area contributed by atoms with Crippen LogP contribution < -0.4 is 5.32 Å². The number of aliphatic hydroxyl groups is 1. The molecule has 2 aliphatic rings. The van der Waals surface area contributed by atoms with Gasteiger partial charge in [0.1, 0.15) is 12.3 Å². The molecule has 154 valence electrons. The van der Waals surface area contributed by atoms with E-state index in [0.29, 0.717) is 17.6 Å². The summed E-state index contributed by atoms with van der Waals surface area (Å²) in [5.41, 5.74) is 2.13. The third-order valence-corrected chi connectivity index (χ3v) is 5.17. The third-order valence-electron chi connectivity index (χ3n) is 5.17.